The molecule has 0 saturated heterocycles. The summed E-state index contributed by atoms with van der Waals surface area (Å²) in [5, 5.41) is -1.19. The maximum atomic E-state index is 14.1. The van der Waals surface area contributed by atoms with Crippen LogP contribution < -0.4 is 4.74 Å². The molecule has 0 radical (unpaired) electrons. The molecule has 1 unspecified atom stereocenters. The lowest BCUT2D eigenvalue weighted by Gasteiger charge is -2.41. The largest absolute Gasteiger partial charge is 0.493 e. The molecule has 0 amide bonds. The second kappa shape index (κ2) is 13.1. The van der Waals surface area contributed by atoms with Crippen LogP contribution in [0.4, 0.5) is 13.2 Å². The molecule has 2 aromatic carbocycles. The predicted molar refractivity (Wildman–Crippen MR) is 164 cm³/mol. The molecule has 0 aromatic heterocycles. The summed E-state index contributed by atoms with van der Waals surface area (Å²) in [6.07, 6.45) is -1.58. The zero-order chi connectivity index (χ0) is 31.4. The van der Waals surface area contributed by atoms with E-state index in [0.717, 1.165) is 24.5 Å². The van der Waals surface area contributed by atoms with Crippen molar-refractivity contribution in [1.29, 1.82) is 0 Å². The Bertz CT molecular complexity index is 1280. The number of benzene rings is 2. The third-order valence-corrected chi connectivity index (χ3v) is 11.7. The van der Waals surface area contributed by atoms with E-state index in [1.54, 1.807) is 13.0 Å². The van der Waals surface area contributed by atoms with E-state index in [0.29, 0.717) is 30.7 Å². The average Bonchev–Trinajstić information content (AvgIpc) is 3.28. The fourth-order valence-electron chi connectivity index (χ4n) is 5.44. The fraction of sp³-hybridized carbons (Fsp3) is 0.606. The number of rotatable bonds is 12. The normalized spacial score (nSPS) is 18.1. The molecule has 3 rings (SSSR count). The highest BCUT2D eigenvalue weighted by Gasteiger charge is 2.50. The lowest BCUT2D eigenvalue weighted by Crippen LogP contribution is -2.38. The van der Waals surface area contributed by atoms with Gasteiger partial charge in [-0.2, -0.15) is 13.2 Å². The van der Waals surface area contributed by atoms with Gasteiger partial charge in [0.1, 0.15) is 17.9 Å². The van der Waals surface area contributed by atoms with Crippen LogP contribution in [0.2, 0.25) is 0 Å². The van der Waals surface area contributed by atoms with Gasteiger partial charge >= 0.3 is 6.18 Å². The first-order valence-corrected chi connectivity index (χ1v) is 16.4. The lowest BCUT2D eigenvalue weighted by molar-refractivity contribution is -0.139. The molecule has 1 aliphatic heterocycles. The smallest absolute Gasteiger partial charge is 0.419 e. The van der Waals surface area contributed by atoms with Gasteiger partial charge in [-0.3, -0.25) is 4.57 Å². The first-order valence-electron chi connectivity index (χ1n) is 14.7. The Kier molecular flexibility index (Phi) is 10.7. The summed E-state index contributed by atoms with van der Waals surface area (Å²) in [6.45, 7) is 15.7. The molecular weight excluding hydrogens is 562 g/mol. The number of ether oxygens (including phenoxy) is 2. The molecule has 0 aliphatic carbocycles. The number of aryl methyl sites for hydroxylation is 3. The highest BCUT2D eigenvalue weighted by atomic mass is 31.2. The van der Waals surface area contributed by atoms with Crippen LogP contribution in [0, 0.1) is 0 Å². The van der Waals surface area contributed by atoms with Crippen LogP contribution in [0.15, 0.2) is 47.5 Å². The third-order valence-electron chi connectivity index (χ3n) is 7.72. The molecule has 1 atom stereocenters. The zero-order valence-corrected chi connectivity index (χ0v) is 27.3. The molecule has 0 bridgehead atoms. The molecule has 2 aromatic rings. The van der Waals surface area contributed by atoms with Gasteiger partial charge in [-0.05, 0) is 60.9 Å². The maximum absolute atomic E-state index is 14.1. The van der Waals surface area contributed by atoms with Gasteiger partial charge in [0.25, 0.3) is 0 Å². The molecule has 234 valence electrons. The number of alkyl halides is 3. The van der Waals surface area contributed by atoms with Gasteiger partial charge in [-0.15, -0.1) is 0 Å². The number of hydrogen-bond acceptors (Lipinski definition) is 5. The molecule has 1 aliphatic rings. The summed E-state index contributed by atoms with van der Waals surface area (Å²) in [5.41, 5.74) is 1.28. The summed E-state index contributed by atoms with van der Waals surface area (Å²) in [6, 6.07) is 12.5. The average molecular weight is 610 g/mol. The molecule has 0 N–H and O–H groups in total. The van der Waals surface area contributed by atoms with Crippen molar-refractivity contribution in [2.45, 2.75) is 110 Å². The summed E-state index contributed by atoms with van der Waals surface area (Å²) < 4.78 is 73.8. The minimum atomic E-state index is -4.56. The molecule has 42 heavy (non-hydrogen) atoms. The zero-order valence-electron chi connectivity index (χ0n) is 26.4. The van der Waals surface area contributed by atoms with E-state index < -0.39 is 35.0 Å². The highest BCUT2D eigenvalue weighted by Crippen LogP contribution is 2.67. The number of halogens is 3. The van der Waals surface area contributed by atoms with E-state index in [1.807, 2.05) is 53.7 Å². The van der Waals surface area contributed by atoms with Crippen LogP contribution >= 0.6 is 7.37 Å². The Labute approximate surface area is 249 Å². The van der Waals surface area contributed by atoms with E-state index >= 15 is 0 Å². The van der Waals surface area contributed by atoms with Crippen molar-refractivity contribution in [2.24, 2.45) is 4.99 Å². The number of aliphatic imine (C=N–C) groups is 1. The van der Waals surface area contributed by atoms with Crippen molar-refractivity contribution in [1.82, 2.24) is 0 Å². The quantitative estimate of drug-likeness (QED) is 0.178. The monoisotopic (exact) mass is 609 g/mol. The van der Waals surface area contributed by atoms with Crippen LogP contribution in [0.25, 0.3) is 0 Å². The van der Waals surface area contributed by atoms with Crippen LogP contribution in [-0.2, 0) is 39.3 Å². The van der Waals surface area contributed by atoms with E-state index in [-0.39, 0.29) is 25.6 Å². The van der Waals surface area contributed by atoms with Gasteiger partial charge in [0, 0.05) is 17.2 Å². The van der Waals surface area contributed by atoms with Gasteiger partial charge < -0.3 is 14.0 Å². The number of nitrogens with zero attached hydrogens (tertiary/aromatic N) is 1. The van der Waals surface area contributed by atoms with E-state index in [4.69, 9.17) is 14.0 Å². The first-order chi connectivity index (χ1) is 19.4. The highest BCUT2D eigenvalue weighted by molar-refractivity contribution is 7.62. The van der Waals surface area contributed by atoms with E-state index in [2.05, 4.69) is 24.0 Å². The molecule has 9 heteroatoms. The fourth-order valence-corrected chi connectivity index (χ4v) is 8.65. The summed E-state index contributed by atoms with van der Waals surface area (Å²) in [4.78, 5) is 4.68. The summed E-state index contributed by atoms with van der Waals surface area (Å²) >= 11 is 0. The van der Waals surface area contributed by atoms with Gasteiger partial charge in [0.05, 0.1) is 18.8 Å². The second-order valence-electron chi connectivity index (χ2n) is 13.3. The van der Waals surface area contributed by atoms with Gasteiger partial charge in [0.2, 0.25) is 7.37 Å². The standard InChI is InChI=1S/C33H47F3NO4P/c1-9-25-12-10-13-26(20-25)14-11-19-39-29-16-15-27(21-28(29)33(34,35)36)17-18-32(22-40-24(2)37-32)23-41-42(38,30(3,4)5)31(6,7)8/h10,12-13,15-16,20-21H,9,11,14,17-19,22-23H2,1-8H3. The Balaban J connectivity index is 1.71. The predicted octanol–water partition coefficient (Wildman–Crippen LogP) is 9.29. The minimum absolute atomic E-state index is 0.0602. The van der Waals surface area contributed by atoms with Crippen molar-refractivity contribution >= 4 is 13.3 Å². The molecule has 0 spiro atoms. The van der Waals surface area contributed by atoms with Crippen LogP contribution in [0.1, 0.15) is 90.5 Å². The van der Waals surface area contributed by atoms with Crippen LogP contribution in [0.3, 0.4) is 0 Å². The second-order valence-corrected chi connectivity index (χ2v) is 17.3. The number of hydrogen-bond donors (Lipinski definition) is 0. The molecule has 0 fully saturated rings. The van der Waals surface area contributed by atoms with Crippen molar-refractivity contribution in [3.8, 4) is 5.75 Å². The topological polar surface area (TPSA) is 57.1 Å². The minimum Gasteiger partial charge on any atom is -0.493 e. The van der Waals surface area contributed by atoms with Crippen molar-refractivity contribution in [3.63, 3.8) is 0 Å². The maximum Gasteiger partial charge on any atom is 0.419 e. The molecule has 5 nitrogen and oxygen atoms in total. The van der Waals surface area contributed by atoms with Crippen molar-refractivity contribution < 1.29 is 31.7 Å². The molecule has 1 heterocycles. The summed E-state index contributed by atoms with van der Waals surface area (Å²) in [7, 11) is -3.16. The third kappa shape index (κ3) is 8.41. The SMILES string of the molecule is CCc1cccc(CCCOc2ccc(CCC3(COP(=O)(C(C)(C)C)C(C)(C)C)COC(C)=N3)cc2C(F)(F)F)c1. The van der Waals surface area contributed by atoms with Gasteiger partial charge in [-0.25, -0.2) is 4.99 Å². The lowest BCUT2D eigenvalue weighted by atomic mass is 9.93. The molecule has 0 saturated carbocycles. The van der Waals surface area contributed by atoms with Gasteiger partial charge in [0.15, 0.2) is 5.90 Å². The molecular formula is C33H47F3NO4P. The van der Waals surface area contributed by atoms with E-state index in [9.17, 15) is 17.7 Å². The van der Waals surface area contributed by atoms with Crippen LogP contribution in [-0.4, -0.2) is 41.6 Å². The van der Waals surface area contributed by atoms with Crippen molar-refractivity contribution in [3.05, 3.63) is 64.7 Å². The van der Waals surface area contributed by atoms with Gasteiger partial charge in [-0.1, -0.05) is 78.8 Å². The van der Waals surface area contributed by atoms with E-state index in [1.165, 1.54) is 11.6 Å². The Morgan fingerprint density at radius 2 is 1.60 bits per heavy atom. The Morgan fingerprint density at radius 3 is 2.17 bits per heavy atom. The Hall–Kier alpha value is -2.31. The first kappa shape index (κ1) is 34.2. The van der Waals surface area contributed by atoms with Crippen LogP contribution in [0.5, 0.6) is 5.75 Å². The Morgan fingerprint density at radius 1 is 0.952 bits per heavy atom. The van der Waals surface area contributed by atoms with Crippen molar-refractivity contribution in [2.75, 3.05) is 19.8 Å². The summed E-state index contributed by atoms with van der Waals surface area (Å²) in [5.74, 6) is 0.321.